The van der Waals surface area contributed by atoms with E-state index < -0.39 is 16.6 Å². The molecule has 1 unspecified atom stereocenters. The molecule has 0 radical (unpaired) electrons. The summed E-state index contributed by atoms with van der Waals surface area (Å²) in [5.41, 5.74) is 1.69. The predicted molar refractivity (Wildman–Crippen MR) is 128 cm³/mol. The zero-order chi connectivity index (χ0) is 22.2. The third-order valence-corrected chi connectivity index (χ3v) is 17.9. The lowest BCUT2D eigenvalue weighted by molar-refractivity contribution is 0.0930. The number of rotatable bonds is 14. The summed E-state index contributed by atoms with van der Waals surface area (Å²) in [6, 6.07) is 5.75. The van der Waals surface area contributed by atoms with Gasteiger partial charge in [-0.1, -0.05) is 76.2 Å². The van der Waals surface area contributed by atoms with Gasteiger partial charge in [0, 0.05) is 12.0 Å². The lowest BCUT2D eigenvalue weighted by atomic mass is 9.83. The van der Waals surface area contributed by atoms with Gasteiger partial charge in [0.25, 0.3) is 0 Å². The van der Waals surface area contributed by atoms with Crippen molar-refractivity contribution in [2.24, 2.45) is 5.41 Å². The van der Waals surface area contributed by atoms with Gasteiger partial charge in [0.15, 0.2) is 16.6 Å². The average molecular weight is 428 g/mol. The minimum atomic E-state index is -1.80. The molecule has 5 heteroatoms. The van der Waals surface area contributed by atoms with E-state index in [9.17, 15) is 5.26 Å². The van der Waals surface area contributed by atoms with E-state index in [1.807, 2.05) is 0 Å². The second-order valence-electron chi connectivity index (χ2n) is 10.1. The van der Waals surface area contributed by atoms with Crippen LogP contribution in [0.2, 0.25) is 34.8 Å². The molecule has 0 bridgehead atoms. The summed E-state index contributed by atoms with van der Waals surface area (Å²) in [6.07, 6.45) is 1.64. The molecule has 0 N–H and O–H groups in total. The largest absolute Gasteiger partial charge is 0.416 e. The molecule has 0 saturated heterocycles. The summed E-state index contributed by atoms with van der Waals surface area (Å²) in [5.74, 6) is 0. The number of nitriles is 1. The Morgan fingerprint density at radius 3 is 1.61 bits per heavy atom. The smallest absolute Gasteiger partial charge is 0.200 e. The molecule has 166 valence electrons. The summed E-state index contributed by atoms with van der Waals surface area (Å²) in [4.78, 5) is 0. The van der Waals surface area contributed by atoms with Crippen molar-refractivity contribution in [3.05, 3.63) is 0 Å². The zero-order valence-corrected chi connectivity index (χ0v) is 22.8. The second kappa shape index (κ2) is 11.9. The highest BCUT2D eigenvalue weighted by molar-refractivity contribution is 6.77. The molecular weight excluding hydrogens is 378 g/mol. The molecule has 0 aromatic carbocycles. The highest BCUT2D eigenvalue weighted by Crippen LogP contribution is 2.42. The van der Waals surface area contributed by atoms with Gasteiger partial charge in [-0.3, -0.25) is 0 Å². The van der Waals surface area contributed by atoms with Crippen LogP contribution in [0.3, 0.4) is 0 Å². The Kier molecular flexibility index (Phi) is 11.8. The Morgan fingerprint density at radius 2 is 1.29 bits per heavy atom. The Hall–Kier alpha value is -0.156. The van der Waals surface area contributed by atoms with Crippen LogP contribution < -0.4 is 0 Å². The van der Waals surface area contributed by atoms with Gasteiger partial charge in [-0.05, 0) is 47.6 Å². The maximum Gasteiger partial charge on any atom is 0.200 e. The molecule has 0 rings (SSSR count). The van der Waals surface area contributed by atoms with Crippen molar-refractivity contribution in [1.29, 1.82) is 5.26 Å². The van der Waals surface area contributed by atoms with Gasteiger partial charge in [-0.2, -0.15) is 5.26 Å². The fraction of sp³-hybridized carbons (Fsp3) is 0.957. The van der Waals surface area contributed by atoms with E-state index in [0.29, 0.717) is 16.6 Å². The van der Waals surface area contributed by atoms with E-state index in [2.05, 4.69) is 82.2 Å². The standard InChI is InChI=1S/C23H49NO2Si2/c1-12-27(13-2,14-3)26-22(18-24)23(10,11)16-15-17-25-28(19(4)5,20(6)7)21(8)9/h19-22H,12-17H2,1-11H3. The predicted octanol–water partition coefficient (Wildman–Crippen LogP) is 7.90. The third-order valence-electron chi connectivity index (χ3n) is 7.15. The van der Waals surface area contributed by atoms with Crippen molar-refractivity contribution >= 4 is 16.6 Å². The van der Waals surface area contributed by atoms with Gasteiger partial charge >= 0.3 is 0 Å². The van der Waals surface area contributed by atoms with Gasteiger partial charge in [-0.15, -0.1) is 0 Å². The maximum atomic E-state index is 9.84. The molecular formula is C23H49NO2Si2. The first-order valence-corrected chi connectivity index (χ1v) is 16.3. The van der Waals surface area contributed by atoms with Gasteiger partial charge in [0.2, 0.25) is 0 Å². The van der Waals surface area contributed by atoms with Crippen LogP contribution in [0, 0.1) is 16.7 Å². The van der Waals surface area contributed by atoms with Gasteiger partial charge in [0.1, 0.15) is 6.10 Å². The Balaban J connectivity index is 5.05. The molecule has 0 aliphatic carbocycles. The van der Waals surface area contributed by atoms with Crippen LogP contribution in [-0.4, -0.2) is 29.3 Å². The minimum Gasteiger partial charge on any atom is -0.416 e. The van der Waals surface area contributed by atoms with Crippen LogP contribution in [-0.2, 0) is 8.85 Å². The molecule has 1 atom stereocenters. The molecule has 0 fully saturated rings. The van der Waals surface area contributed by atoms with Crippen LogP contribution >= 0.6 is 0 Å². The van der Waals surface area contributed by atoms with Crippen LogP contribution in [0.1, 0.15) is 89.0 Å². The first-order valence-electron chi connectivity index (χ1n) is 11.6. The SMILES string of the molecule is CC[Si](CC)(CC)OC(C#N)C(C)(C)CCCO[Si](C(C)C)(C(C)C)C(C)C. The Morgan fingerprint density at radius 1 is 0.857 bits per heavy atom. The highest BCUT2D eigenvalue weighted by atomic mass is 28.4. The van der Waals surface area contributed by atoms with E-state index in [4.69, 9.17) is 8.85 Å². The summed E-state index contributed by atoms with van der Waals surface area (Å²) < 4.78 is 13.3. The molecule has 0 aromatic rings. The second-order valence-corrected chi connectivity index (χ2v) is 20.3. The first kappa shape index (κ1) is 27.8. The van der Waals surface area contributed by atoms with E-state index in [1.165, 1.54) is 0 Å². The molecule has 0 aliphatic rings. The monoisotopic (exact) mass is 427 g/mol. The van der Waals surface area contributed by atoms with Gasteiger partial charge in [0.05, 0.1) is 6.07 Å². The van der Waals surface area contributed by atoms with Crippen molar-refractivity contribution in [3.63, 3.8) is 0 Å². The van der Waals surface area contributed by atoms with Crippen LogP contribution in [0.5, 0.6) is 0 Å². The number of hydrogen-bond donors (Lipinski definition) is 0. The molecule has 0 amide bonds. The Bertz CT molecular complexity index is 449. The van der Waals surface area contributed by atoms with E-state index >= 15 is 0 Å². The summed E-state index contributed by atoms with van der Waals surface area (Å²) >= 11 is 0. The van der Waals surface area contributed by atoms with Crippen molar-refractivity contribution in [2.45, 2.75) is 130 Å². The summed E-state index contributed by atoms with van der Waals surface area (Å²) in [5, 5.41) is 9.84. The normalized spacial score (nSPS) is 14.8. The lowest BCUT2D eigenvalue weighted by Crippen LogP contribution is -2.48. The lowest BCUT2D eigenvalue weighted by Gasteiger charge is -2.42. The molecule has 28 heavy (non-hydrogen) atoms. The third kappa shape index (κ3) is 6.69. The van der Waals surface area contributed by atoms with Crippen molar-refractivity contribution < 1.29 is 8.85 Å². The maximum absolute atomic E-state index is 9.84. The molecule has 0 aromatic heterocycles. The first-order chi connectivity index (χ1) is 12.9. The van der Waals surface area contributed by atoms with Crippen molar-refractivity contribution in [3.8, 4) is 6.07 Å². The quantitative estimate of drug-likeness (QED) is 0.209. The van der Waals surface area contributed by atoms with Crippen molar-refractivity contribution in [2.75, 3.05) is 6.61 Å². The Labute approximate surface area is 178 Å². The molecule has 3 nitrogen and oxygen atoms in total. The molecule has 0 saturated carbocycles. The van der Waals surface area contributed by atoms with Gasteiger partial charge < -0.3 is 8.85 Å². The average Bonchev–Trinajstić information content (AvgIpc) is 2.62. The fourth-order valence-electron chi connectivity index (χ4n) is 5.02. The summed E-state index contributed by atoms with van der Waals surface area (Å²) in [6.45, 7) is 25.9. The minimum absolute atomic E-state index is 0.145. The number of nitrogens with zero attached hydrogens (tertiary/aromatic N) is 1. The van der Waals surface area contributed by atoms with Crippen LogP contribution in [0.4, 0.5) is 0 Å². The van der Waals surface area contributed by atoms with Gasteiger partial charge in [-0.25, -0.2) is 0 Å². The van der Waals surface area contributed by atoms with E-state index in [-0.39, 0.29) is 11.5 Å². The molecule has 0 heterocycles. The van der Waals surface area contributed by atoms with Crippen LogP contribution in [0.15, 0.2) is 0 Å². The fourth-order valence-corrected chi connectivity index (χ4v) is 13.4. The molecule has 0 aliphatic heterocycles. The van der Waals surface area contributed by atoms with Crippen LogP contribution in [0.25, 0.3) is 0 Å². The number of hydrogen-bond acceptors (Lipinski definition) is 3. The topological polar surface area (TPSA) is 42.2 Å². The molecule has 0 spiro atoms. The summed E-state index contributed by atoms with van der Waals surface area (Å²) in [7, 11) is -3.58. The van der Waals surface area contributed by atoms with E-state index in [0.717, 1.165) is 37.6 Å². The van der Waals surface area contributed by atoms with E-state index in [1.54, 1.807) is 0 Å². The highest BCUT2D eigenvalue weighted by Gasteiger charge is 2.45. The zero-order valence-electron chi connectivity index (χ0n) is 20.8. The van der Waals surface area contributed by atoms with Crippen molar-refractivity contribution in [1.82, 2.24) is 0 Å².